The molecule has 0 fully saturated rings. The molecule has 0 radical (unpaired) electrons. The maximum atomic E-state index is 12.8. The highest BCUT2D eigenvalue weighted by Crippen LogP contribution is 2.21. The highest BCUT2D eigenvalue weighted by molar-refractivity contribution is 6.08. The molecule has 2 heterocycles. The highest BCUT2D eigenvalue weighted by Gasteiger charge is 2.21. The molecule has 0 saturated carbocycles. The highest BCUT2D eigenvalue weighted by atomic mass is 16.1. The number of hydrogen-bond acceptors (Lipinski definition) is 4. The number of ketones is 1. The van der Waals surface area contributed by atoms with Gasteiger partial charge in [-0.3, -0.25) is 4.79 Å². The Morgan fingerprint density at radius 3 is 3.20 bits per heavy atom. The van der Waals surface area contributed by atoms with Crippen LogP contribution in [0, 0.1) is 0 Å². The first kappa shape index (κ1) is 13.0. The molecule has 3 rings (SSSR count). The Morgan fingerprint density at radius 1 is 1.45 bits per heavy atom. The van der Waals surface area contributed by atoms with E-state index in [1.807, 2.05) is 12.1 Å². The lowest BCUT2D eigenvalue weighted by atomic mass is 9.92. The Balaban J connectivity index is 2.00. The lowest BCUT2D eigenvalue weighted by molar-refractivity contribution is 0.102. The fourth-order valence-electron chi connectivity index (χ4n) is 2.69. The molecule has 5 heteroatoms. The third-order valence-corrected chi connectivity index (χ3v) is 3.67. The number of fused-ring (bicyclic) bond motifs is 1. The Morgan fingerprint density at radius 2 is 2.35 bits per heavy atom. The van der Waals surface area contributed by atoms with Crippen molar-refractivity contribution >= 4 is 5.78 Å². The summed E-state index contributed by atoms with van der Waals surface area (Å²) in [6.45, 7) is 4.54. The molecular formula is C15H18N4O. The number of hydrogen-bond donors (Lipinski definition) is 1. The number of nitrogens with one attached hydrogen (secondary N) is 1. The number of aryl methyl sites for hydroxylation is 1. The lowest BCUT2D eigenvalue weighted by Gasteiger charge is -2.19. The van der Waals surface area contributed by atoms with Gasteiger partial charge in [0.1, 0.15) is 5.69 Å². The van der Waals surface area contributed by atoms with Crippen LogP contribution in [0.25, 0.3) is 0 Å². The summed E-state index contributed by atoms with van der Waals surface area (Å²) in [5.74, 6) is 0.0298. The van der Waals surface area contributed by atoms with E-state index in [1.165, 1.54) is 11.1 Å². The topological polar surface area (TPSA) is 59.8 Å². The second kappa shape index (κ2) is 5.54. The molecule has 0 spiro atoms. The summed E-state index contributed by atoms with van der Waals surface area (Å²) in [6, 6.07) is 5.95. The normalized spacial score (nSPS) is 14.1. The van der Waals surface area contributed by atoms with E-state index in [9.17, 15) is 4.79 Å². The van der Waals surface area contributed by atoms with Gasteiger partial charge in [-0.25, -0.2) is 4.68 Å². The Hall–Kier alpha value is -2.01. The number of benzene rings is 1. The Labute approximate surface area is 118 Å². The average molecular weight is 270 g/mol. The van der Waals surface area contributed by atoms with Crippen LogP contribution >= 0.6 is 0 Å². The van der Waals surface area contributed by atoms with Crippen molar-refractivity contribution in [1.82, 2.24) is 20.3 Å². The van der Waals surface area contributed by atoms with E-state index in [-0.39, 0.29) is 5.78 Å². The fraction of sp³-hybridized carbons (Fsp3) is 0.400. The van der Waals surface area contributed by atoms with Crippen molar-refractivity contribution in [3.05, 3.63) is 46.8 Å². The summed E-state index contributed by atoms with van der Waals surface area (Å²) in [6.07, 6.45) is 3.39. The summed E-state index contributed by atoms with van der Waals surface area (Å²) < 4.78 is 1.70. The van der Waals surface area contributed by atoms with Gasteiger partial charge in [-0.15, -0.1) is 5.10 Å². The van der Waals surface area contributed by atoms with E-state index >= 15 is 0 Å². The molecule has 0 saturated heterocycles. The minimum Gasteiger partial charge on any atom is -0.312 e. The van der Waals surface area contributed by atoms with E-state index in [1.54, 1.807) is 10.9 Å². The number of carbonyl (C=O) groups excluding carboxylic acids is 1. The summed E-state index contributed by atoms with van der Waals surface area (Å²) in [4.78, 5) is 12.8. The van der Waals surface area contributed by atoms with Crippen LogP contribution in [0.1, 0.15) is 40.5 Å². The molecule has 0 bridgehead atoms. The molecule has 104 valence electrons. The van der Waals surface area contributed by atoms with Gasteiger partial charge >= 0.3 is 0 Å². The van der Waals surface area contributed by atoms with Crippen molar-refractivity contribution in [1.29, 1.82) is 0 Å². The van der Waals surface area contributed by atoms with Crippen LogP contribution in [0.3, 0.4) is 0 Å². The predicted octanol–water partition coefficient (Wildman–Crippen LogP) is 1.56. The monoisotopic (exact) mass is 270 g/mol. The second-order valence-corrected chi connectivity index (χ2v) is 5.04. The van der Waals surface area contributed by atoms with Gasteiger partial charge < -0.3 is 5.32 Å². The van der Waals surface area contributed by atoms with E-state index in [0.717, 1.165) is 38.0 Å². The molecule has 0 amide bonds. The second-order valence-electron chi connectivity index (χ2n) is 5.04. The minimum absolute atomic E-state index is 0.0298. The number of nitrogens with zero attached hydrogens (tertiary/aromatic N) is 3. The number of aromatic nitrogens is 3. The van der Waals surface area contributed by atoms with E-state index < -0.39 is 0 Å². The van der Waals surface area contributed by atoms with Crippen LogP contribution in [-0.2, 0) is 19.5 Å². The molecule has 0 unspecified atom stereocenters. The zero-order valence-electron chi connectivity index (χ0n) is 11.6. The molecule has 1 aromatic carbocycles. The lowest BCUT2D eigenvalue weighted by Crippen LogP contribution is -2.26. The third-order valence-electron chi connectivity index (χ3n) is 3.67. The van der Waals surface area contributed by atoms with Gasteiger partial charge in [-0.2, -0.15) is 0 Å². The molecule has 2 aromatic rings. The number of rotatable bonds is 4. The molecule has 1 N–H and O–H groups in total. The maximum Gasteiger partial charge on any atom is 0.212 e. The summed E-state index contributed by atoms with van der Waals surface area (Å²) >= 11 is 0. The van der Waals surface area contributed by atoms with Crippen molar-refractivity contribution in [2.45, 2.75) is 32.9 Å². The quantitative estimate of drug-likeness (QED) is 0.857. The largest absolute Gasteiger partial charge is 0.312 e. The SMILES string of the molecule is CCCn1nncc1C(=O)c1cccc2c1CCNC2. The molecule has 20 heavy (non-hydrogen) atoms. The van der Waals surface area contributed by atoms with Crippen LogP contribution in [0.4, 0.5) is 0 Å². The van der Waals surface area contributed by atoms with Crippen LogP contribution in [0.2, 0.25) is 0 Å². The zero-order chi connectivity index (χ0) is 13.9. The molecule has 1 aromatic heterocycles. The third kappa shape index (κ3) is 2.25. The van der Waals surface area contributed by atoms with Crippen LogP contribution < -0.4 is 5.32 Å². The van der Waals surface area contributed by atoms with Crippen molar-refractivity contribution in [2.75, 3.05) is 6.54 Å². The molecule has 1 aliphatic rings. The molecular weight excluding hydrogens is 252 g/mol. The van der Waals surface area contributed by atoms with Gasteiger partial charge in [-0.1, -0.05) is 30.3 Å². The van der Waals surface area contributed by atoms with E-state index in [2.05, 4.69) is 28.6 Å². The van der Waals surface area contributed by atoms with Crippen LogP contribution in [-0.4, -0.2) is 27.3 Å². The van der Waals surface area contributed by atoms with Gasteiger partial charge in [0.25, 0.3) is 0 Å². The Kier molecular flexibility index (Phi) is 3.60. The van der Waals surface area contributed by atoms with Gasteiger partial charge in [0.2, 0.25) is 5.78 Å². The summed E-state index contributed by atoms with van der Waals surface area (Å²) in [5.41, 5.74) is 3.76. The first-order chi connectivity index (χ1) is 9.81. The average Bonchev–Trinajstić information content (AvgIpc) is 2.94. The van der Waals surface area contributed by atoms with Gasteiger partial charge in [-0.05, 0) is 30.5 Å². The van der Waals surface area contributed by atoms with Crippen molar-refractivity contribution in [3.8, 4) is 0 Å². The maximum absolute atomic E-state index is 12.8. The van der Waals surface area contributed by atoms with Crippen molar-refractivity contribution < 1.29 is 4.79 Å². The smallest absolute Gasteiger partial charge is 0.212 e. The molecule has 5 nitrogen and oxygen atoms in total. The van der Waals surface area contributed by atoms with Crippen LogP contribution in [0.15, 0.2) is 24.4 Å². The van der Waals surface area contributed by atoms with Crippen LogP contribution in [0.5, 0.6) is 0 Å². The summed E-state index contributed by atoms with van der Waals surface area (Å²) in [5, 5.41) is 11.2. The van der Waals surface area contributed by atoms with E-state index in [0.29, 0.717) is 5.69 Å². The fourth-order valence-corrected chi connectivity index (χ4v) is 2.69. The summed E-state index contributed by atoms with van der Waals surface area (Å²) in [7, 11) is 0. The standard InChI is InChI=1S/C15H18N4O/c1-2-8-19-14(10-17-18-19)15(20)13-5-3-4-11-9-16-7-6-12(11)13/h3-5,10,16H,2,6-9H2,1H3. The Bertz CT molecular complexity index is 633. The predicted molar refractivity (Wildman–Crippen MR) is 75.6 cm³/mol. The van der Waals surface area contributed by atoms with Crippen molar-refractivity contribution in [2.24, 2.45) is 0 Å². The minimum atomic E-state index is 0.0298. The first-order valence-electron chi connectivity index (χ1n) is 7.06. The zero-order valence-corrected chi connectivity index (χ0v) is 11.6. The molecule has 0 atom stereocenters. The molecule has 0 aliphatic carbocycles. The van der Waals surface area contributed by atoms with Gasteiger partial charge in [0.05, 0.1) is 6.20 Å². The van der Waals surface area contributed by atoms with E-state index in [4.69, 9.17) is 0 Å². The first-order valence-corrected chi connectivity index (χ1v) is 7.06. The molecule has 1 aliphatic heterocycles. The van der Waals surface area contributed by atoms with Gasteiger partial charge in [0.15, 0.2) is 0 Å². The van der Waals surface area contributed by atoms with Gasteiger partial charge in [0, 0.05) is 18.7 Å². The van der Waals surface area contributed by atoms with Crippen molar-refractivity contribution in [3.63, 3.8) is 0 Å². The number of carbonyl (C=O) groups is 1.